The summed E-state index contributed by atoms with van der Waals surface area (Å²) in [7, 11) is 0. The highest BCUT2D eigenvalue weighted by atomic mass is 16.4. The van der Waals surface area contributed by atoms with Gasteiger partial charge in [0.1, 0.15) is 0 Å². The first kappa shape index (κ1) is 12.0. The third kappa shape index (κ3) is 2.26. The summed E-state index contributed by atoms with van der Waals surface area (Å²) in [5.74, 6) is -0.564. The second-order valence-corrected chi connectivity index (χ2v) is 4.10. The van der Waals surface area contributed by atoms with Gasteiger partial charge in [-0.1, -0.05) is 18.2 Å². The smallest absolute Gasteiger partial charge is 0.328 e. The number of aliphatic carboxylic acids is 1. The lowest BCUT2D eigenvalue weighted by atomic mass is 10.3. The lowest BCUT2D eigenvalue weighted by molar-refractivity contribution is -0.131. The van der Waals surface area contributed by atoms with E-state index >= 15 is 0 Å². The van der Waals surface area contributed by atoms with E-state index in [0.29, 0.717) is 11.5 Å². The van der Waals surface area contributed by atoms with E-state index in [9.17, 15) is 4.79 Å². The van der Waals surface area contributed by atoms with Crippen molar-refractivity contribution in [1.29, 1.82) is 0 Å². The molecule has 1 N–H and O–H groups in total. The standard InChI is InChI=1S/C14H10N4O2/c19-13(20)6-5-10-7-15-14(16-8-10)18-12-4-2-1-3-11(12)9-17-18/h1-9H,(H,19,20)/b6-5+. The summed E-state index contributed by atoms with van der Waals surface area (Å²) >= 11 is 0. The fourth-order valence-corrected chi connectivity index (χ4v) is 1.83. The van der Waals surface area contributed by atoms with E-state index in [4.69, 9.17) is 5.11 Å². The number of rotatable bonds is 3. The Bertz CT molecular complexity index is 790. The van der Waals surface area contributed by atoms with E-state index < -0.39 is 5.97 Å². The van der Waals surface area contributed by atoms with Crippen LogP contribution < -0.4 is 0 Å². The van der Waals surface area contributed by atoms with Crippen LogP contribution in [-0.4, -0.2) is 30.8 Å². The third-order valence-corrected chi connectivity index (χ3v) is 2.74. The monoisotopic (exact) mass is 266 g/mol. The maximum Gasteiger partial charge on any atom is 0.328 e. The first-order chi connectivity index (χ1) is 9.74. The fraction of sp³-hybridized carbons (Fsp3) is 0. The number of hydrogen-bond acceptors (Lipinski definition) is 4. The zero-order valence-corrected chi connectivity index (χ0v) is 10.3. The van der Waals surface area contributed by atoms with Gasteiger partial charge in [-0.3, -0.25) is 0 Å². The summed E-state index contributed by atoms with van der Waals surface area (Å²) in [6, 6.07) is 7.76. The van der Waals surface area contributed by atoms with Crippen LogP contribution in [0.5, 0.6) is 0 Å². The van der Waals surface area contributed by atoms with Crippen molar-refractivity contribution in [3.05, 3.63) is 54.5 Å². The number of carbonyl (C=O) groups is 1. The van der Waals surface area contributed by atoms with Crippen LogP contribution in [0.25, 0.3) is 22.9 Å². The van der Waals surface area contributed by atoms with Crippen LogP contribution in [0.1, 0.15) is 5.56 Å². The van der Waals surface area contributed by atoms with Crippen LogP contribution >= 0.6 is 0 Å². The first-order valence-corrected chi connectivity index (χ1v) is 5.90. The zero-order chi connectivity index (χ0) is 13.9. The molecule has 0 bridgehead atoms. The van der Waals surface area contributed by atoms with Crippen molar-refractivity contribution in [2.45, 2.75) is 0 Å². The van der Waals surface area contributed by atoms with Crippen molar-refractivity contribution in [2.24, 2.45) is 0 Å². The van der Waals surface area contributed by atoms with Crippen LogP contribution in [0.2, 0.25) is 0 Å². The molecule has 0 aliphatic heterocycles. The van der Waals surface area contributed by atoms with E-state index in [2.05, 4.69) is 15.1 Å². The highest BCUT2D eigenvalue weighted by Crippen LogP contribution is 2.15. The molecular weight excluding hydrogens is 256 g/mol. The summed E-state index contributed by atoms with van der Waals surface area (Å²) in [6.07, 6.45) is 7.34. The lowest BCUT2D eigenvalue weighted by Crippen LogP contribution is -2.02. The van der Waals surface area contributed by atoms with Gasteiger partial charge in [-0.15, -0.1) is 0 Å². The minimum absolute atomic E-state index is 0.443. The highest BCUT2D eigenvalue weighted by molar-refractivity contribution is 5.85. The second-order valence-electron chi connectivity index (χ2n) is 4.10. The van der Waals surface area contributed by atoms with Crippen LogP contribution in [0.4, 0.5) is 0 Å². The van der Waals surface area contributed by atoms with E-state index in [-0.39, 0.29) is 0 Å². The number of fused-ring (bicyclic) bond motifs is 1. The Balaban J connectivity index is 1.97. The molecule has 1 aromatic carbocycles. The second kappa shape index (κ2) is 4.93. The number of benzene rings is 1. The Hall–Kier alpha value is -3.02. The molecule has 0 aliphatic rings. The van der Waals surface area contributed by atoms with Gasteiger partial charge in [-0.2, -0.15) is 9.78 Å². The van der Waals surface area contributed by atoms with Gasteiger partial charge in [0.15, 0.2) is 0 Å². The molecule has 3 rings (SSSR count). The van der Waals surface area contributed by atoms with E-state index in [1.807, 2.05) is 24.3 Å². The number of para-hydroxylation sites is 1. The van der Waals surface area contributed by atoms with Gasteiger partial charge in [0, 0.05) is 29.4 Å². The normalized spacial score (nSPS) is 11.2. The minimum atomic E-state index is -1.01. The Morgan fingerprint density at radius 2 is 1.90 bits per heavy atom. The number of carboxylic acid groups (broad SMARTS) is 1. The molecule has 0 amide bonds. The molecule has 98 valence electrons. The molecular formula is C14H10N4O2. The van der Waals surface area contributed by atoms with Crippen molar-refractivity contribution in [3.8, 4) is 5.95 Å². The minimum Gasteiger partial charge on any atom is -0.478 e. The number of hydrogen-bond donors (Lipinski definition) is 1. The first-order valence-electron chi connectivity index (χ1n) is 5.90. The van der Waals surface area contributed by atoms with Crippen LogP contribution in [0, 0.1) is 0 Å². The molecule has 0 atom stereocenters. The van der Waals surface area contributed by atoms with Crippen molar-refractivity contribution < 1.29 is 9.90 Å². The average Bonchev–Trinajstić information content (AvgIpc) is 2.89. The molecule has 0 unspecified atom stereocenters. The molecule has 2 aromatic heterocycles. The topological polar surface area (TPSA) is 80.9 Å². The highest BCUT2D eigenvalue weighted by Gasteiger charge is 2.06. The Kier molecular flexibility index (Phi) is 2.96. The van der Waals surface area contributed by atoms with E-state index in [0.717, 1.165) is 17.0 Å². The van der Waals surface area contributed by atoms with Gasteiger partial charge < -0.3 is 5.11 Å². The van der Waals surface area contributed by atoms with Crippen LogP contribution in [-0.2, 0) is 4.79 Å². The fourth-order valence-electron chi connectivity index (χ4n) is 1.83. The molecule has 0 spiro atoms. The molecule has 0 radical (unpaired) electrons. The molecule has 3 aromatic rings. The molecule has 0 fully saturated rings. The maximum atomic E-state index is 10.4. The summed E-state index contributed by atoms with van der Waals surface area (Å²) in [5.41, 5.74) is 1.54. The number of aromatic nitrogens is 4. The molecule has 6 nitrogen and oxygen atoms in total. The molecule has 0 aliphatic carbocycles. The summed E-state index contributed by atoms with van der Waals surface area (Å²) in [6.45, 7) is 0. The van der Waals surface area contributed by atoms with Gasteiger partial charge in [0.25, 0.3) is 5.95 Å². The quantitative estimate of drug-likeness (QED) is 0.732. The lowest BCUT2D eigenvalue weighted by Gasteiger charge is -2.01. The van der Waals surface area contributed by atoms with E-state index in [1.165, 1.54) is 6.08 Å². The van der Waals surface area contributed by atoms with Gasteiger partial charge in [-0.05, 0) is 12.1 Å². The van der Waals surface area contributed by atoms with Gasteiger partial charge in [0.05, 0.1) is 11.7 Å². The molecule has 20 heavy (non-hydrogen) atoms. The van der Waals surface area contributed by atoms with Crippen LogP contribution in [0.3, 0.4) is 0 Å². The van der Waals surface area contributed by atoms with Crippen molar-refractivity contribution in [3.63, 3.8) is 0 Å². The summed E-state index contributed by atoms with van der Waals surface area (Å²) < 4.78 is 1.64. The molecule has 0 saturated heterocycles. The van der Waals surface area contributed by atoms with Crippen LogP contribution in [0.15, 0.2) is 48.9 Å². The van der Waals surface area contributed by atoms with Crippen molar-refractivity contribution in [2.75, 3.05) is 0 Å². The average molecular weight is 266 g/mol. The molecule has 2 heterocycles. The predicted molar refractivity (Wildman–Crippen MR) is 73.3 cm³/mol. The maximum absolute atomic E-state index is 10.4. The Morgan fingerprint density at radius 1 is 1.15 bits per heavy atom. The zero-order valence-electron chi connectivity index (χ0n) is 10.3. The summed E-state index contributed by atoms with van der Waals surface area (Å²) in [4.78, 5) is 18.8. The predicted octanol–water partition coefficient (Wildman–Crippen LogP) is 1.91. The van der Waals surface area contributed by atoms with Gasteiger partial charge in [-0.25, -0.2) is 14.8 Å². The third-order valence-electron chi connectivity index (χ3n) is 2.74. The van der Waals surface area contributed by atoms with Gasteiger partial charge in [0.2, 0.25) is 0 Å². The Morgan fingerprint density at radius 3 is 2.65 bits per heavy atom. The Labute approximate surface area is 114 Å². The molecule has 6 heteroatoms. The SMILES string of the molecule is O=C(O)/C=C/c1cnc(-n2ncc3ccccc32)nc1. The summed E-state index contributed by atoms with van der Waals surface area (Å²) in [5, 5.41) is 13.8. The van der Waals surface area contributed by atoms with Gasteiger partial charge >= 0.3 is 5.97 Å². The molecule has 0 saturated carbocycles. The number of carboxylic acids is 1. The van der Waals surface area contributed by atoms with Crippen molar-refractivity contribution >= 4 is 22.9 Å². The largest absolute Gasteiger partial charge is 0.478 e. The van der Waals surface area contributed by atoms with Crippen molar-refractivity contribution in [1.82, 2.24) is 19.7 Å². The number of nitrogens with zero attached hydrogens (tertiary/aromatic N) is 4. The van der Waals surface area contributed by atoms with E-state index in [1.54, 1.807) is 23.3 Å².